The minimum absolute atomic E-state index is 0.178. The molecule has 6 aromatic carbocycles. The molecule has 0 aromatic heterocycles. The van der Waals surface area contributed by atoms with E-state index in [0.29, 0.717) is 0 Å². The van der Waals surface area contributed by atoms with Gasteiger partial charge in [0.05, 0.1) is 5.41 Å². The molecule has 0 saturated heterocycles. The van der Waals surface area contributed by atoms with Gasteiger partial charge in [-0.25, -0.2) is 0 Å². The molecule has 0 unspecified atom stereocenters. The van der Waals surface area contributed by atoms with Gasteiger partial charge in [0.1, 0.15) is 0 Å². The highest BCUT2D eigenvalue weighted by molar-refractivity contribution is 6.05. The van der Waals surface area contributed by atoms with Crippen LogP contribution >= 0.6 is 0 Å². The average Bonchev–Trinajstić information content (AvgIpc) is 3.19. The van der Waals surface area contributed by atoms with Gasteiger partial charge in [0, 0.05) is 0 Å². The summed E-state index contributed by atoms with van der Waals surface area (Å²) in [4.78, 5) is 0. The molecule has 0 saturated carbocycles. The predicted octanol–water partition coefficient (Wildman–Crippen LogP) is 8.34. The summed E-state index contributed by atoms with van der Waals surface area (Å²) in [6, 6.07) is 45.0. The highest BCUT2D eigenvalue weighted by Gasteiger charge is 2.52. The highest BCUT2D eigenvalue weighted by Crippen LogP contribution is 2.63. The first kappa shape index (κ1) is 17.4. The zero-order chi connectivity index (χ0) is 21.6. The van der Waals surface area contributed by atoms with E-state index in [9.17, 15) is 0 Å². The molecule has 0 radical (unpaired) electrons. The van der Waals surface area contributed by atoms with Gasteiger partial charge in [-0.05, 0) is 72.1 Å². The molecule has 8 rings (SSSR count). The van der Waals surface area contributed by atoms with Crippen molar-refractivity contribution in [2.45, 2.75) is 5.41 Å². The molecular weight excluding hydrogens is 396 g/mol. The lowest BCUT2D eigenvalue weighted by Gasteiger charge is -2.43. The Labute approximate surface area is 192 Å². The molecule has 2 aliphatic rings. The summed E-state index contributed by atoms with van der Waals surface area (Å²) in [7, 11) is 0. The SMILES string of the molecule is c1ccc2c(c1)-c1ccc(-c3cccc4ccccc34)cc1C21c2cccc3cccc1c23. The molecule has 1 spiro atoms. The minimum Gasteiger partial charge on any atom is -0.0619 e. The molecule has 0 heteroatoms. The van der Waals surface area contributed by atoms with Crippen LogP contribution in [0.15, 0.2) is 121 Å². The van der Waals surface area contributed by atoms with Gasteiger partial charge in [-0.1, -0.05) is 115 Å². The molecule has 152 valence electrons. The Hall–Kier alpha value is -4.16. The monoisotopic (exact) mass is 416 g/mol. The fourth-order valence-corrected chi connectivity index (χ4v) is 6.55. The van der Waals surface area contributed by atoms with E-state index in [4.69, 9.17) is 0 Å². The first-order valence-electron chi connectivity index (χ1n) is 11.6. The van der Waals surface area contributed by atoms with Gasteiger partial charge >= 0.3 is 0 Å². The largest absolute Gasteiger partial charge is 0.0725 e. The smallest absolute Gasteiger partial charge is 0.0619 e. The third kappa shape index (κ3) is 1.98. The Morgan fingerprint density at radius 2 is 1.00 bits per heavy atom. The second-order valence-electron chi connectivity index (χ2n) is 9.29. The molecule has 0 N–H and O–H groups in total. The second kappa shape index (κ2) is 5.99. The topological polar surface area (TPSA) is 0 Å². The lowest BCUT2D eigenvalue weighted by molar-refractivity contribution is 0.745. The van der Waals surface area contributed by atoms with E-state index in [1.54, 1.807) is 0 Å². The van der Waals surface area contributed by atoms with Crippen LogP contribution in [0.2, 0.25) is 0 Å². The fraction of sp³-hybridized carbons (Fsp3) is 0.0303. The van der Waals surface area contributed by atoms with E-state index < -0.39 is 0 Å². The van der Waals surface area contributed by atoms with Gasteiger partial charge in [-0.2, -0.15) is 0 Å². The summed E-state index contributed by atoms with van der Waals surface area (Å²) < 4.78 is 0. The summed E-state index contributed by atoms with van der Waals surface area (Å²) in [6.07, 6.45) is 0. The Balaban J connectivity index is 1.47. The van der Waals surface area contributed by atoms with Gasteiger partial charge in [-0.15, -0.1) is 0 Å². The number of rotatable bonds is 1. The molecule has 0 aliphatic heterocycles. The molecule has 0 amide bonds. The maximum atomic E-state index is 2.46. The standard InChI is InChI=1S/C33H20/c1-2-12-24-21(8-1)9-5-14-25(24)23-18-19-27-26-13-3-4-15-28(26)33(31(27)20-23)29-16-6-10-22-11-7-17-30(33)32(22)29/h1-20H. The van der Waals surface area contributed by atoms with E-state index >= 15 is 0 Å². The van der Waals surface area contributed by atoms with Crippen LogP contribution in [-0.4, -0.2) is 0 Å². The van der Waals surface area contributed by atoms with E-state index in [1.807, 2.05) is 0 Å². The van der Waals surface area contributed by atoms with Crippen LogP contribution in [0.5, 0.6) is 0 Å². The Kier molecular flexibility index (Phi) is 3.16. The number of hydrogen-bond acceptors (Lipinski definition) is 0. The van der Waals surface area contributed by atoms with Crippen LogP contribution < -0.4 is 0 Å². The van der Waals surface area contributed by atoms with Crippen molar-refractivity contribution >= 4 is 21.5 Å². The predicted molar refractivity (Wildman–Crippen MR) is 138 cm³/mol. The molecule has 0 heterocycles. The molecule has 33 heavy (non-hydrogen) atoms. The first-order valence-corrected chi connectivity index (χ1v) is 11.6. The second-order valence-corrected chi connectivity index (χ2v) is 9.29. The van der Waals surface area contributed by atoms with Gasteiger partial charge in [-0.3, -0.25) is 0 Å². The van der Waals surface area contributed by atoms with Crippen molar-refractivity contribution in [3.8, 4) is 22.3 Å². The molecule has 0 bridgehead atoms. The Morgan fingerprint density at radius 3 is 1.88 bits per heavy atom. The third-order valence-electron chi connectivity index (χ3n) is 7.86. The summed E-state index contributed by atoms with van der Waals surface area (Å²) in [5.74, 6) is 0. The van der Waals surface area contributed by atoms with Crippen LogP contribution in [0.4, 0.5) is 0 Å². The number of fused-ring (bicyclic) bond motifs is 8. The van der Waals surface area contributed by atoms with E-state index in [1.165, 1.54) is 66.1 Å². The third-order valence-corrected chi connectivity index (χ3v) is 7.86. The van der Waals surface area contributed by atoms with E-state index in [0.717, 1.165) is 0 Å². The van der Waals surface area contributed by atoms with E-state index in [-0.39, 0.29) is 5.41 Å². The van der Waals surface area contributed by atoms with Crippen LogP contribution in [0.3, 0.4) is 0 Å². The maximum absolute atomic E-state index is 2.46. The van der Waals surface area contributed by atoms with Crippen molar-refractivity contribution in [3.63, 3.8) is 0 Å². The Morgan fingerprint density at radius 1 is 0.394 bits per heavy atom. The van der Waals surface area contributed by atoms with Gasteiger partial charge in [0.15, 0.2) is 0 Å². The lowest BCUT2D eigenvalue weighted by atomic mass is 9.58. The van der Waals surface area contributed by atoms with Crippen LogP contribution in [0.1, 0.15) is 22.3 Å². The van der Waals surface area contributed by atoms with Gasteiger partial charge in [0.25, 0.3) is 0 Å². The molecule has 6 aromatic rings. The fourth-order valence-electron chi connectivity index (χ4n) is 6.55. The van der Waals surface area contributed by atoms with Crippen LogP contribution in [0.25, 0.3) is 43.8 Å². The van der Waals surface area contributed by atoms with Crippen molar-refractivity contribution in [1.82, 2.24) is 0 Å². The summed E-state index contributed by atoms with van der Waals surface area (Å²) in [6.45, 7) is 0. The molecule has 0 atom stereocenters. The van der Waals surface area contributed by atoms with Crippen molar-refractivity contribution in [3.05, 3.63) is 144 Å². The van der Waals surface area contributed by atoms with Crippen LogP contribution in [-0.2, 0) is 5.41 Å². The zero-order valence-corrected chi connectivity index (χ0v) is 18.0. The first-order chi connectivity index (χ1) is 16.4. The van der Waals surface area contributed by atoms with E-state index in [2.05, 4.69) is 121 Å². The van der Waals surface area contributed by atoms with Crippen molar-refractivity contribution in [2.75, 3.05) is 0 Å². The molecule has 2 aliphatic carbocycles. The summed E-state index contributed by atoms with van der Waals surface area (Å²) in [5, 5.41) is 5.36. The number of hydrogen-bond donors (Lipinski definition) is 0. The average molecular weight is 417 g/mol. The van der Waals surface area contributed by atoms with Crippen molar-refractivity contribution < 1.29 is 0 Å². The van der Waals surface area contributed by atoms with Crippen molar-refractivity contribution in [2.24, 2.45) is 0 Å². The quantitative estimate of drug-likeness (QED) is 0.252. The van der Waals surface area contributed by atoms with Crippen molar-refractivity contribution in [1.29, 1.82) is 0 Å². The van der Waals surface area contributed by atoms with Crippen LogP contribution in [0, 0.1) is 0 Å². The normalized spacial score (nSPS) is 14.3. The summed E-state index contributed by atoms with van der Waals surface area (Å²) in [5.41, 5.74) is 10.9. The summed E-state index contributed by atoms with van der Waals surface area (Å²) >= 11 is 0. The minimum atomic E-state index is -0.178. The Bertz CT molecular complexity index is 1730. The molecule has 0 fully saturated rings. The molecular formula is C33H20. The zero-order valence-electron chi connectivity index (χ0n) is 18.0. The number of benzene rings is 6. The van der Waals surface area contributed by atoms with Gasteiger partial charge < -0.3 is 0 Å². The maximum Gasteiger partial charge on any atom is 0.0725 e. The van der Waals surface area contributed by atoms with Gasteiger partial charge in [0.2, 0.25) is 0 Å². The molecule has 0 nitrogen and oxygen atoms in total. The highest BCUT2D eigenvalue weighted by atomic mass is 14.5. The lowest BCUT2D eigenvalue weighted by Crippen LogP contribution is -2.36.